The van der Waals surface area contributed by atoms with Crippen molar-refractivity contribution in [2.75, 3.05) is 12.5 Å². The van der Waals surface area contributed by atoms with Crippen LogP contribution in [0.15, 0.2) is 45.9 Å². The third-order valence-electron chi connectivity index (χ3n) is 3.61. The second-order valence-electron chi connectivity index (χ2n) is 5.73. The van der Waals surface area contributed by atoms with Crippen molar-refractivity contribution in [2.24, 2.45) is 5.10 Å². The Balaban J connectivity index is 1.72. The van der Waals surface area contributed by atoms with E-state index in [-0.39, 0.29) is 0 Å². The maximum atomic E-state index is 5.87. The van der Waals surface area contributed by atoms with Gasteiger partial charge in [0.05, 0.1) is 17.3 Å². The number of benzene rings is 2. The molecule has 2 aromatic heterocycles. The molecule has 6 nitrogen and oxygen atoms in total. The van der Waals surface area contributed by atoms with Crippen molar-refractivity contribution >= 4 is 43.5 Å². The summed E-state index contributed by atoms with van der Waals surface area (Å²) in [5, 5.41) is 4.95. The van der Waals surface area contributed by atoms with Crippen LogP contribution in [0.2, 0.25) is 0 Å². The van der Waals surface area contributed by atoms with Crippen molar-refractivity contribution in [2.45, 2.75) is 13.8 Å². The Morgan fingerprint density at radius 1 is 1.12 bits per heavy atom. The van der Waals surface area contributed by atoms with Crippen LogP contribution in [0.5, 0.6) is 5.75 Å². The Bertz CT molecular complexity index is 1090. The molecule has 2 heterocycles. The van der Waals surface area contributed by atoms with Gasteiger partial charge in [-0.15, -0.1) is 0 Å². The summed E-state index contributed by atoms with van der Waals surface area (Å²) < 4.78 is 12.1. The van der Waals surface area contributed by atoms with E-state index < -0.39 is 0 Å². The zero-order valence-electron chi connectivity index (χ0n) is 14.0. The average Bonchev–Trinajstić information content (AvgIpc) is 3.21. The molecule has 0 radical (unpaired) electrons. The number of hydrazone groups is 1. The van der Waals surface area contributed by atoms with E-state index in [1.54, 1.807) is 18.4 Å². The molecule has 2 aromatic carbocycles. The molecule has 0 aliphatic rings. The molecule has 25 heavy (non-hydrogen) atoms. The predicted octanol–water partition coefficient (Wildman–Crippen LogP) is 4.92. The zero-order chi connectivity index (χ0) is 17.4. The number of methoxy groups -OCH3 is 1. The lowest BCUT2D eigenvalue weighted by molar-refractivity contribution is 0.415. The smallest absolute Gasteiger partial charge is 0.227 e. The van der Waals surface area contributed by atoms with Crippen LogP contribution in [0, 0.1) is 0 Å². The summed E-state index contributed by atoms with van der Waals surface area (Å²) in [7, 11) is 1.63. The molecule has 7 heteroatoms. The minimum Gasteiger partial charge on any atom is -0.497 e. The van der Waals surface area contributed by atoms with Crippen LogP contribution in [0.25, 0.3) is 32.8 Å². The topological polar surface area (TPSA) is 72.5 Å². The lowest BCUT2D eigenvalue weighted by atomic mass is 10.2. The maximum absolute atomic E-state index is 5.87. The predicted molar refractivity (Wildman–Crippen MR) is 102 cm³/mol. The van der Waals surface area contributed by atoms with E-state index in [4.69, 9.17) is 9.15 Å². The summed E-state index contributed by atoms with van der Waals surface area (Å²) in [4.78, 5) is 9.08. The molecule has 0 saturated heterocycles. The van der Waals surface area contributed by atoms with Gasteiger partial charge in [-0.05, 0) is 44.2 Å². The molecule has 0 spiro atoms. The lowest BCUT2D eigenvalue weighted by Crippen LogP contribution is -1.91. The molecule has 0 aliphatic carbocycles. The highest BCUT2D eigenvalue weighted by molar-refractivity contribution is 7.22. The van der Waals surface area contributed by atoms with Crippen LogP contribution in [-0.2, 0) is 0 Å². The fraction of sp³-hybridized carbons (Fsp3) is 0.167. The largest absolute Gasteiger partial charge is 0.497 e. The number of hydrogen-bond donors (Lipinski definition) is 1. The number of anilines is 1. The first-order valence-corrected chi connectivity index (χ1v) is 8.56. The Morgan fingerprint density at radius 3 is 2.80 bits per heavy atom. The van der Waals surface area contributed by atoms with Crippen molar-refractivity contribution in [3.63, 3.8) is 0 Å². The van der Waals surface area contributed by atoms with Gasteiger partial charge >= 0.3 is 0 Å². The van der Waals surface area contributed by atoms with Gasteiger partial charge < -0.3 is 9.15 Å². The first-order chi connectivity index (χ1) is 12.1. The molecule has 4 rings (SSSR count). The van der Waals surface area contributed by atoms with Crippen molar-refractivity contribution in [3.05, 3.63) is 36.4 Å². The third-order valence-corrected chi connectivity index (χ3v) is 4.53. The molecule has 0 atom stereocenters. The highest BCUT2D eigenvalue weighted by Crippen LogP contribution is 2.32. The van der Waals surface area contributed by atoms with Gasteiger partial charge in [0.1, 0.15) is 11.3 Å². The average molecular weight is 352 g/mol. The first kappa shape index (κ1) is 15.6. The number of ether oxygens (including phenoxy) is 1. The highest BCUT2D eigenvalue weighted by atomic mass is 32.1. The van der Waals surface area contributed by atoms with Gasteiger partial charge in [0.15, 0.2) is 5.58 Å². The fourth-order valence-corrected chi connectivity index (χ4v) is 3.27. The summed E-state index contributed by atoms with van der Waals surface area (Å²) in [5.74, 6) is 1.34. The van der Waals surface area contributed by atoms with Gasteiger partial charge in [0.2, 0.25) is 11.0 Å². The van der Waals surface area contributed by atoms with Gasteiger partial charge in [0, 0.05) is 17.3 Å². The zero-order valence-corrected chi connectivity index (χ0v) is 14.8. The SMILES string of the molecule is COc1ccc2oc(-c3ccc4nc(NN=C(C)C)sc4c3)nc2c1. The number of fused-ring (bicyclic) bond motifs is 2. The van der Waals surface area contributed by atoms with E-state index >= 15 is 0 Å². The second kappa shape index (κ2) is 6.18. The molecule has 0 amide bonds. The maximum Gasteiger partial charge on any atom is 0.227 e. The van der Waals surface area contributed by atoms with Gasteiger partial charge in [-0.3, -0.25) is 5.43 Å². The normalized spacial score (nSPS) is 11.0. The van der Waals surface area contributed by atoms with Gasteiger partial charge in [-0.25, -0.2) is 9.97 Å². The van der Waals surface area contributed by atoms with Crippen LogP contribution in [0.1, 0.15) is 13.8 Å². The molecule has 0 saturated carbocycles. The van der Waals surface area contributed by atoms with E-state index in [0.29, 0.717) is 5.89 Å². The second-order valence-corrected chi connectivity index (χ2v) is 6.76. The van der Waals surface area contributed by atoms with Gasteiger partial charge in [-0.2, -0.15) is 5.10 Å². The molecular weight excluding hydrogens is 336 g/mol. The number of rotatable bonds is 4. The standard InChI is InChI=1S/C18H16N4O2S/c1-10(2)21-22-18-20-13-6-4-11(8-16(13)25-18)17-19-14-9-12(23-3)5-7-15(14)24-17/h4-9H,1-3H3,(H,20,22). The molecule has 0 unspecified atom stereocenters. The third kappa shape index (κ3) is 3.06. The Hall–Kier alpha value is -2.93. The Labute approximate surface area is 148 Å². The van der Waals surface area contributed by atoms with Crippen molar-refractivity contribution < 1.29 is 9.15 Å². The van der Waals surface area contributed by atoms with Crippen LogP contribution in [-0.4, -0.2) is 22.8 Å². The minimum absolute atomic E-state index is 0.579. The van der Waals surface area contributed by atoms with Crippen LogP contribution in [0.3, 0.4) is 0 Å². The Morgan fingerprint density at radius 2 is 2.00 bits per heavy atom. The summed E-state index contributed by atoms with van der Waals surface area (Å²) in [6.45, 7) is 3.86. The number of oxazole rings is 1. The monoisotopic (exact) mass is 352 g/mol. The molecule has 4 aromatic rings. The van der Waals surface area contributed by atoms with Crippen molar-refractivity contribution in [3.8, 4) is 17.2 Å². The molecule has 0 aliphatic heterocycles. The first-order valence-electron chi connectivity index (χ1n) is 7.75. The number of nitrogens with one attached hydrogen (secondary N) is 1. The summed E-state index contributed by atoms with van der Waals surface area (Å²) in [6.07, 6.45) is 0. The summed E-state index contributed by atoms with van der Waals surface area (Å²) in [5.41, 5.74) is 7.24. The summed E-state index contributed by atoms with van der Waals surface area (Å²) >= 11 is 1.54. The van der Waals surface area contributed by atoms with Crippen LogP contribution >= 0.6 is 11.3 Å². The quantitative estimate of drug-likeness (QED) is 0.417. The van der Waals surface area contributed by atoms with E-state index in [0.717, 1.165) is 43.5 Å². The van der Waals surface area contributed by atoms with Crippen LogP contribution in [0.4, 0.5) is 5.13 Å². The van der Waals surface area contributed by atoms with E-state index in [2.05, 4.69) is 20.5 Å². The van der Waals surface area contributed by atoms with Crippen molar-refractivity contribution in [1.29, 1.82) is 0 Å². The van der Waals surface area contributed by atoms with Crippen molar-refractivity contribution in [1.82, 2.24) is 9.97 Å². The molecule has 0 fully saturated rings. The number of hydrogen-bond acceptors (Lipinski definition) is 7. The highest BCUT2D eigenvalue weighted by Gasteiger charge is 2.11. The van der Waals surface area contributed by atoms with E-state index in [9.17, 15) is 0 Å². The molecule has 0 bridgehead atoms. The van der Waals surface area contributed by atoms with Gasteiger partial charge in [0.25, 0.3) is 0 Å². The number of aromatic nitrogens is 2. The number of nitrogens with zero attached hydrogens (tertiary/aromatic N) is 3. The Kier molecular flexibility index (Phi) is 3.85. The number of thiazole rings is 1. The fourth-order valence-electron chi connectivity index (χ4n) is 2.42. The van der Waals surface area contributed by atoms with Gasteiger partial charge in [-0.1, -0.05) is 11.3 Å². The molecular formula is C18H16N4O2S. The van der Waals surface area contributed by atoms with Crippen LogP contribution < -0.4 is 10.2 Å². The molecule has 1 N–H and O–H groups in total. The summed E-state index contributed by atoms with van der Waals surface area (Å²) in [6, 6.07) is 11.5. The lowest BCUT2D eigenvalue weighted by Gasteiger charge is -1.95. The molecule has 126 valence electrons. The van der Waals surface area contributed by atoms with E-state index in [1.807, 2.05) is 50.2 Å². The minimum atomic E-state index is 0.579. The van der Waals surface area contributed by atoms with E-state index in [1.165, 1.54) is 0 Å².